The van der Waals surface area contributed by atoms with Gasteiger partial charge in [0.05, 0.1) is 25.0 Å². The van der Waals surface area contributed by atoms with Crippen LogP contribution >= 0.6 is 0 Å². The summed E-state index contributed by atoms with van der Waals surface area (Å²) in [6.45, 7) is 0.109. The van der Waals surface area contributed by atoms with E-state index >= 15 is 0 Å². The van der Waals surface area contributed by atoms with E-state index < -0.39 is 15.9 Å². The molecule has 3 N–H and O–H groups in total. The van der Waals surface area contributed by atoms with Gasteiger partial charge in [0.15, 0.2) is 0 Å². The summed E-state index contributed by atoms with van der Waals surface area (Å²) in [5.74, 6) is -0.113. The first kappa shape index (κ1) is 13.3. The Morgan fingerprint density at radius 3 is 2.65 bits per heavy atom. The smallest absolute Gasteiger partial charge is 0.229 e. The van der Waals surface area contributed by atoms with Crippen LogP contribution < -0.4 is 15.2 Å². The number of sulfonamides is 1. The maximum Gasteiger partial charge on any atom is 0.229 e. The number of hydrogen-bond acceptors (Lipinski definition) is 4. The molecule has 1 amide bonds. The van der Waals surface area contributed by atoms with Crippen molar-refractivity contribution in [3.8, 4) is 5.75 Å². The fourth-order valence-electron chi connectivity index (χ4n) is 1.14. The zero-order valence-corrected chi connectivity index (χ0v) is 10.2. The Morgan fingerprint density at radius 1 is 1.41 bits per heavy atom. The topological polar surface area (TPSA) is 98.5 Å². The van der Waals surface area contributed by atoms with E-state index in [1.54, 1.807) is 24.3 Å². The predicted molar refractivity (Wildman–Crippen MR) is 64.2 cm³/mol. The van der Waals surface area contributed by atoms with Gasteiger partial charge in [-0.05, 0) is 12.1 Å². The summed E-state index contributed by atoms with van der Waals surface area (Å²) < 4.78 is 29.8. The van der Waals surface area contributed by atoms with Gasteiger partial charge < -0.3 is 10.5 Å². The van der Waals surface area contributed by atoms with Crippen molar-refractivity contribution in [2.24, 2.45) is 5.73 Å². The average Bonchev–Trinajstić information content (AvgIpc) is 2.17. The molecule has 1 aromatic carbocycles. The minimum absolute atomic E-state index is 0.0766. The second-order valence-electron chi connectivity index (χ2n) is 3.44. The van der Waals surface area contributed by atoms with Crippen molar-refractivity contribution in [1.82, 2.24) is 0 Å². The van der Waals surface area contributed by atoms with E-state index in [4.69, 9.17) is 10.5 Å². The third-order valence-corrected chi connectivity index (χ3v) is 2.38. The fourth-order valence-corrected chi connectivity index (χ4v) is 1.71. The first-order valence-electron chi connectivity index (χ1n) is 4.86. The molecule has 1 rings (SSSR count). The van der Waals surface area contributed by atoms with Crippen LogP contribution in [0.3, 0.4) is 0 Å². The molecular formula is C10H14N2O4S. The number of amides is 1. The van der Waals surface area contributed by atoms with Gasteiger partial charge in [-0.25, -0.2) is 8.42 Å². The van der Waals surface area contributed by atoms with E-state index in [9.17, 15) is 13.2 Å². The third-order valence-electron chi connectivity index (χ3n) is 1.79. The summed E-state index contributed by atoms with van der Waals surface area (Å²) in [4.78, 5) is 10.5. The van der Waals surface area contributed by atoms with Crippen LogP contribution in [0.15, 0.2) is 24.3 Å². The van der Waals surface area contributed by atoms with Gasteiger partial charge in [-0.2, -0.15) is 0 Å². The second kappa shape index (κ2) is 5.53. The van der Waals surface area contributed by atoms with Gasteiger partial charge >= 0.3 is 0 Å². The number of anilines is 1. The van der Waals surface area contributed by atoms with Gasteiger partial charge in [0.25, 0.3) is 0 Å². The monoisotopic (exact) mass is 258 g/mol. The predicted octanol–water partition coefficient (Wildman–Crippen LogP) is 0.312. The lowest BCUT2D eigenvalue weighted by Crippen LogP contribution is -2.15. The van der Waals surface area contributed by atoms with Crippen molar-refractivity contribution < 1.29 is 17.9 Å². The number of carbonyl (C=O) groups is 1. The molecule has 0 heterocycles. The number of ether oxygens (including phenoxy) is 1. The maximum atomic E-state index is 11.1. The van der Waals surface area contributed by atoms with Crippen LogP contribution in [0.1, 0.15) is 6.42 Å². The summed E-state index contributed by atoms with van der Waals surface area (Å²) in [7, 11) is -3.36. The Bertz CT molecular complexity index is 499. The molecule has 0 saturated heterocycles. The molecule has 0 aliphatic heterocycles. The lowest BCUT2D eigenvalue weighted by Gasteiger charge is -2.11. The van der Waals surface area contributed by atoms with Crippen LogP contribution in [-0.2, 0) is 14.8 Å². The molecule has 1 aromatic rings. The number of nitrogens with two attached hydrogens (primary N) is 1. The zero-order valence-electron chi connectivity index (χ0n) is 9.34. The number of carbonyl (C=O) groups excluding carboxylic acids is 1. The van der Waals surface area contributed by atoms with Crippen LogP contribution in [0.25, 0.3) is 0 Å². The molecule has 0 radical (unpaired) electrons. The Hall–Kier alpha value is -1.76. The SMILES string of the molecule is CS(=O)(=O)Nc1ccccc1OCCC(N)=O. The Labute approximate surface area is 99.8 Å². The number of para-hydroxylation sites is 2. The van der Waals surface area contributed by atoms with E-state index in [0.29, 0.717) is 11.4 Å². The zero-order chi connectivity index (χ0) is 12.9. The van der Waals surface area contributed by atoms with Crippen molar-refractivity contribution in [2.45, 2.75) is 6.42 Å². The highest BCUT2D eigenvalue weighted by atomic mass is 32.2. The normalized spacial score (nSPS) is 10.9. The molecular weight excluding hydrogens is 244 g/mol. The Balaban J connectivity index is 2.74. The van der Waals surface area contributed by atoms with Gasteiger partial charge in [0.2, 0.25) is 15.9 Å². The molecule has 0 atom stereocenters. The summed E-state index contributed by atoms with van der Waals surface area (Å²) in [5.41, 5.74) is 5.30. The highest BCUT2D eigenvalue weighted by Crippen LogP contribution is 2.24. The second-order valence-corrected chi connectivity index (χ2v) is 5.18. The third kappa shape index (κ3) is 5.21. The molecule has 0 aromatic heterocycles. The van der Waals surface area contributed by atoms with E-state index in [1.807, 2.05) is 0 Å². The van der Waals surface area contributed by atoms with E-state index in [2.05, 4.69) is 4.72 Å². The maximum absolute atomic E-state index is 11.1. The lowest BCUT2D eigenvalue weighted by molar-refractivity contribution is -0.118. The van der Waals surface area contributed by atoms with Crippen molar-refractivity contribution in [3.63, 3.8) is 0 Å². The average molecular weight is 258 g/mol. The lowest BCUT2D eigenvalue weighted by atomic mass is 10.3. The summed E-state index contributed by atoms with van der Waals surface area (Å²) >= 11 is 0. The van der Waals surface area contributed by atoms with Crippen molar-refractivity contribution in [1.29, 1.82) is 0 Å². The highest BCUT2D eigenvalue weighted by Gasteiger charge is 2.07. The quantitative estimate of drug-likeness (QED) is 0.767. The summed E-state index contributed by atoms with van der Waals surface area (Å²) in [6.07, 6.45) is 1.13. The van der Waals surface area contributed by atoms with Crippen LogP contribution in [0.5, 0.6) is 5.75 Å². The molecule has 0 fully saturated rings. The van der Waals surface area contributed by atoms with Gasteiger partial charge in [0.1, 0.15) is 5.75 Å². The Kier molecular flexibility index (Phi) is 4.33. The molecule has 0 saturated carbocycles. The fraction of sp³-hybridized carbons (Fsp3) is 0.300. The number of benzene rings is 1. The van der Waals surface area contributed by atoms with E-state index in [-0.39, 0.29) is 13.0 Å². The largest absolute Gasteiger partial charge is 0.491 e. The first-order valence-corrected chi connectivity index (χ1v) is 6.75. The van der Waals surface area contributed by atoms with Crippen LogP contribution in [0.2, 0.25) is 0 Å². The number of nitrogens with one attached hydrogen (secondary N) is 1. The van der Waals surface area contributed by atoms with Crippen molar-refractivity contribution in [2.75, 3.05) is 17.6 Å². The molecule has 0 aliphatic rings. The van der Waals surface area contributed by atoms with E-state index in [1.165, 1.54) is 0 Å². The van der Waals surface area contributed by atoms with Gasteiger partial charge in [0, 0.05) is 0 Å². The van der Waals surface area contributed by atoms with Crippen LogP contribution in [-0.4, -0.2) is 27.2 Å². The summed E-state index contributed by atoms with van der Waals surface area (Å²) in [5, 5.41) is 0. The van der Waals surface area contributed by atoms with Gasteiger partial charge in [-0.15, -0.1) is 0 Å². The standard InChI is InChI=1S/C10H14N2O4S/c1-17(14,15)12-8-4-2-3-5-9(8)16-7-6-10(11)13/h2-5,12H,6-7H2,1H3,(H2,11,13). The molecule has 7 heteroatoms. The minimum Gasteiger partial charge on any atom is -0.491 e. The number of hydrogen-bond donors (Lipinski definition) is 2. The van der Waals surface area contributed by atoms with Crippen molar-refractivity contribution in [3.05, 3.63) is 24.3 Å². The van der Waals surface area contributed by atoms with Crippen LogP contribution in [0, 0.1) is 0 Å². The minimum atomic E-state index is -3.36. The van der Waals surface area contributed by atoms with E-state index in [0.717, 1.165) is 6.26 Å². The molecule has 94 valence electrons. The Morgan fingerprint density at radius 2 is 2.06 bits per heavy atom. The number of primary amides is 1. The highest BCUT2D eigenvalue weighted by molar-refractivity contribution is 7.92. The molecule has 0 spiro atoms. The van der Waals surface area contributed by atoms with Gasteiger partial charge in [-0.3, -0.25) is 9.52 Å². The first-order chi connectivity index (χ1) is 7.88. The molecule has 0 bridgehead atoms. The molecule has 17 heavy (non-hydrogen) atoms. The molecule has 0 unspecified atom stereocenters. The van der Waals surface area contributed by atoms with Gasteiger partial charge in [-0.1, -0.05) is 12.1 Å². The number of rotatable bonds is 6. The van der Waals surface area contributed by atoms with Crippen molar-refractivity contribution >= 4 is 21.6 Å². The molecule has 6 nitrogen and oxygen atoms in total. The summed E-state index contributed by atoms with van der Waals surface area (Å²) in [6, 6.07) is 6.55. The molecule has 0 aliphatic carbocycles. The van der Waals surface area contributed by atoms with Crippen LogP contribution in [0.4, 0.5) is 5.69 Å².